The van der Waals surface area contributed by atoms with Gasteiger partial charge in [0.05, 0.1) is 0 Å². The van der Waals surface area contributed by atoms with E-state index in [4.69, 9.17) is 4.91 Å². The maximum absolute atomic E-state index is 8.65. The van der Waals surface area contributed by atoms with E-state index in [1.54, 1.807) is 0 Å². The molecule has 0 aliphatic carbocycles. The lowest BCUT2D eigenvalue weighted by atomic mass is 13.4. The zero-order valence-electron chi connectivity index (χ0n) is 1.64. The van der Waals surface area contributed by atoms with Crippen LogP contribution in [0.15, 0.2) is 5.34 Å². The second-order valence-electron chi connectivity index (χ2n) is 0.144. The lowest BCUT2D eigenvalue weighted by molar-refractivity contribution is 0.423. The second-order valence-corrected chi connectivity index (χ2v) is 0.433. The van der Waals surface area contributed by atoms with Crippen molar-refractivity contribution in [2.75, 3.05) is 0 Å². The molecule has 24 valence electrons. The van der Waals surface area contributed by atoms with Crippen molar-refractivity contribution >= 4 is 16.3 Å². The van der Waals surface area contributed by atoms with Gasteiger partial charge in [0.25, 0.3) is 0 Å². The normalized spacial score (nSPS) is 5.25. The largest absolute Gasteiger partial charge is 0.281 e. The molecule has 0 fully saturated rings. The van der Waals surface area contributed by atoms with E-state index in [0.717, 1.165) is 0 Å². The molecule has 0 bridgehead atoms. The fourth-order valence-electron chi connectivity index (χ4n) is 0. The van der Waals surface area contributed by atoms with Gasteiger partial charge in [-0.05, 0) is 0 Å². The van der Waals surface area contributed by atoms with E-state index in [9.17, 15) is 0 Å². The van der Waals surface area contributed by atoms with Crippen molar-refractivity contribution in [1.29, 1.82) is 0 Å². The quantitative estimate of drug-likeness (QED) is 0.388. The first-order valence-electron chi connectivity index (χ1n) is 0.519. The molecule has 0 unspecified atom stereocenters. The Balaban J connectivity index is 2.30. The Hall–Kier alpha value is -0.120. The summed E-state index contributed by atoms with van der Waals surface area (Å²) in [4.78, 5) is 8.65. The first-order chi connectivity index (χ1) is 1.91. The lowest BCUT2D eigenvalue weighted by Gasteiger charge is -1.56. The molecule has 0 saturated carbocycles. The molecule has 0 aliphatic heterocycles. The Kier molecular flexibility index (Phi) is 2.79. The van der Waals surface area contributed by atoms with E-state index in [2.05, 4.69) is 20.2 Å². The molecule has 0 rings (SSSR count). The van der Waals surface area contributed by atoms with E-state index in [0.29, 0.717) is 0 Å². The van der Waals surface area contributed by atoms with Gasteiger partial charge in [0, 0.05) is 0 Å². The third-order valence-electron chi connectivity index (χ3n) is 0.0282. The molecule has 0 atom stereocenters. The minimum Gasteiger partial charge on any atom is -0.281 e. The third-order valence-corrected chi connectivity index (χ3v) is 0.146. The van der Waals surface area contributed by atoms with Crippen molar-refractivity contribution < 1.29 is 3.93 Å². The molecule has 0 aliphatic rings. The van der Waals surface area contributed by atoms with Gasteiger partial charge >= 0.3 is 0 Å². The molecule has 0 spiro atoms. The summed E-state index contributed by atoms with van der Waals surface area (Å²) in [6.07, 6.45) is 0. The first-order valence-corrected chi connectivity index (χ1v) is 1.17. The number of rotatable bonds is 1. The van der Waals surface area contributed by atoms with E-state index >= 15 is 0 Å². The smallest absolute Gasteiger partial charge is 0.219 e. The van der Waals surface area contributed by atoms with Crippen molar-refractivity contribution in [3.8, 4) is 0 Å². The fraction of sp³-hybridized carbons (Fsp3) is 0. The predicted octanol–water partition coefficient (Wildman–Crippen LogP) is 0.994. The SMILES string of the molecule is O=NOBr. The average molecular weight is 126 g/mol. The van der Waals surface area contributed by atoms with Crippen LogP contribution in [0.4, 0.5) is 0 Å². The van der Waals surface area contributed by atoms with Crippen LogP contribution >= 0.6 is 16.3 Å². The van der Waals surface area contributed by atoms with Crippen molar-refractivity contribution in [3.63, 3.8) is 0 Å². The highest BCUT2D eigenvalue weighted by Crippen LogP contribution is 1.78. The predicted molar refractivity (Wildman–Crippen MR) is 15.8 cm³/mol. The van der Waals surface area contributed by atoms with Crippen LogP contribution in [0.25, 0.3) is 0 Å². The summed E-state index contributed by atoms with van der Waals surface area (Å²) in [5.41, 5.74) is 0. The standard InChI is InChI=1S/BrNO2/c1-4-2-3. The number of hydrogen-bond donors (Lipinski definition) is 0. The summed E-state index contributed by atoms with van der Waals surface area (Å²) >= 11 is 2.27. The van der Waals surface area contributed by atoms with Crippen LogP contribution in [-0.4, -0.2) is 0 Å². The van der Waals surface area contributed by atoms with Gasteiger partial charge in [-0.1, -0.05) is 0 Å². The van der Waals surface area contributed by atoms with Gasteiger partial charge in [-0.3, -0.25) is 3.93 Å². The maximum atomic E-state index is 8.65. The Morgan fingerprint density at radius 3 is 2.25 bits per heavy atom. The Bertz CT molecular complexity index is 20.0. The Labute approximate surface area is 31.3 Å². The molecular weight excluding hydrogens is 126 g/mol. The van der Waals surface area contributed by atoms with Crippen molar-refractivity contribution in [3.05, 3.63) is 4.91 Å². The van der Waals surface area contributed by atoms with Gasteiger partial charge in [-0.15, -0.1) is 4.91 Å². The molecule has 3 nitrogen and oxygen atoms in total. The molecule has 0 aromatic heterocycles. The molecule has 0 aromatic rings. The third kappa shape index (κ3) is 1.88. The molecule has 0 radical (unpaired) electrons. The van der Waals surface area contributed by atoms with Crippen LogP contribution in [-0.2, 0) is 3.93 Å². The first kappa shape index (κ1) is 3.88. The Morgan fingerprint density at radius 2 is 2.25 bits per heavy atom. The van der Waals surface area contributed by atoms with E-state index in [-0.39, 0.29) is 0 Å². The maximum Gasteiger partial charge on any atom is 0.219 e. The molecule has 4 heavy (non-hydrogen) atoms. The van der Waals surface area contributed by atoms with Crippen LogP contribution in [0.3, 0.4) is 0 Å². The molecule has 0 amide bonds. The molecule has 4 heteroatoms. The lowest BCUT2D eigenvalue weighted by Crippen LogP contribution is -1.36. The number of nitrogens with zero attached hydrogens (tertiary/aromatic N) is 1. The van der Waals surface area contributed by atoms with E-state index < -0.39 is 0 Å². The van der Waals surface area contributed by atoms with E-state index in [1.165, 1.54) is 0 Å². The molecular formula is BrNO2. The summed E-state index contributed by atoms with van der Waals surface area (Å²) < 4.78 is 3.42. The van der Waals surface area contributed by atoms with Crippen LogP contribution in [0.1, 0.15) is 0 Å². The van der Waals surface area contributed by atoms with Gasteiger partial charge in [-0.2, -0.15) is 0 Å². The number of hydrogen-bond acceptors (Lipinski definition) is 3. The Morgan fingerprint density at radius 1 is 2.00 bits per heavy atom. The van der Waals surface area contributed by atoms with Crippen molar-refractivity contribution in [2.45, 2.75) is 0 Å². The van der Waals surface area contributed by atoms with Crippen LogP contribution in [0.5, 0.6) is 0 Å². The van der Waals surface area contributed by atoms with Crippen molar-refractivity contribution in [1.82, 2.24) is 0 Å². The van der Waals surface area contributed by atoms with Gasteiger partial charge in [0.2, 0.25) is 16.3 Å². The topological polar surface area (TPSA) is 38.7 Å². The molecule has 0 N–H and O–H groups in total. The molecule has 0 saturated heterocycles. The van der Waals surface area contributed by atoms with Gasteiger partial charge in [-0.25, -0.2) is 0 Å². The second kappa shape index (κ2) is 2.88. The van der Waals surface area contributed by atoms with E-state index in [1.807, 2.05) is 5.34 Å². The average Bonchev–Trinajstić information content (AvgIpc) is 1.37. The minimum absolute atomic E-state index is 1.90. The van der Waals surface area contributed by atoms with Crippen molar-refractivity contribution in [2.24, 2.45) is 5.34 Å². The monoisotopic (exact) mass is 125 g/mol. The van der Waals surface area contributed by atoms with Gasteiger partial charge < -0.3 is 0 Å². The fourth-order valence-corrected chi connectivity index (χ4v) is 0. The van der Waals surface area contributed by atoms with Gasteiger partial charge in [0.1, 0.15) is 0 Å². The summed E-state index contributed by atoms with van der Waals surface area (Å²) in [6.45, 7) is 0. The van der Waals surface area contributed by atoms with Crippen LogP contribution in [0, 0.1) is 4.91 Å². The highest BCUT2D eigenvalue weighted by molar-refractivity contribution is 9.05. The van der Waals surface area contributed by atoms with Gasteiger partial charge in [0.15, 0.2) is 5.34 Å². The minimum atomic E-state index is 1.90. The number of halogens is 1. The zero-order chi connectivity index (χ0) is 3.41. The summed E-state index contributed by atoms with van der Waals surface area (Å²) in [7, 11) is 0. The molecule has 0 heterocycles. The summed E-state index contributed by atoms with van der Waals surface area (Å²) in [5, 5.41) is 1.90. The zero-order valence-corrected chi connectivity index (χ0v) is 3.23. The summed E-state index contributed by atoms with van der Waals surface area (Å²) in [6, 6.07) is 0. The highest BCUT2D eigenvalue weighted by Gasteiger charge is 1.49. The summed E-state index contributed by atoms with van der Waals surface area (Å²) in [5.74, 6) is 0. The highest BCUT2D eigenvalue weighted by atomic mass is 79.9. The van der Waals surface area contributed by atoms with Crippen LogP contribution < -0.4 is 0 Å². The van der Waals surface area contributed by atoms with Crippen LogP contribution in [0.2, 0.25) is 0 Å². The molecule has 0 aromatic carbocycles.